The Hall–Kier alpha value is -1.61. The monoisotopic (exact) mass is 288 g/mol. The molecular formula is C16H17ClN2O. The number of hydrogen-bond acceptors (Lipinski definition) is 2. The standard InChI is InChI=1S/C16H17ClN2O/c17-15-7-3-4-12(8-15)9-19-10-14(11-20)16(18-19)13-5-1-2-6-13/h3-4,7-8,10-11,13H,1-2,5-6,9H2. The van der Waals surface area contributed by atoms with Gasteiger partial charge in [-0.1, -0.05) is 36.6 Å². The molecule has 0 amide bonds. The molecule has 0 atom stereocenters. The summed E-state index contributed by atoms with van der Waals surface area (Å²) in [4.78, 5) is 11.2. The van der Waals surface area contributed by atoms with Crippen molar-refractivity contribution in [3.63, 3.8) is 0 Å². The van der Waals surface area contributed by atoms with E-state index in [-0.39, 0.29) is 0 Å². The maximum absolute atomic E-state index is 11.2. The van der Waals surface area contributed by atoms with Gasteiger partial charge in [-0.2, -0.15) is 5.10 Å². The Morgan fingerprint density at radius 3 is 2.85 bits per heavy atom. The lowest BCUT2D eigenvalue weighted by molar-refractivity contribution is 0.112. The van der Waals surface area contributed by atoms with Gasteiger partial charge in [-0.05, 0) is 30.5 Å². The van der Waals surface area contributed by atoms with Crippen molar-refractivity contribution >= 4 is 17.9 Å². The molecule has 1 fully saturated rings. The third-order valence-electron chi connectivity index (χ3n) is 3.92. The number of benzene rings is 1. The van der Waals surface area contributed by atoms with E-state index in [9.17, 15) is 4.79 Å². The van der Waals surface area contributed by atoms with Gasteiger partial charge in [-0.15, -0.1) is 0 Å². The van der Waals surface area contributed by atoms with Crippen molar-refractivity contribution in [1.29, 1.82) is 0 Å². The Morgan fingerprint density at radius 2 is 2.15 bits per heavy atom. The molecule has 20 heavy (non-hydrogen) atoms. The van der Waals surface area contributed by atoms with E-state index < -0.39 is 0 Å². The van der Waals surface area contributed by atoms with Crippen molar-refractivity contribution in [1.82, 2.24) is 9.78 Å². The second kappa shape index (κ2) is 5.80. The molecule has 0 aliphatic heterocycles. The Morgan fingerprint density at radius 1 is 1.35 bits per heavy atom. The summed E-state index contributed by atoms with van der Waals surface area (Å²) in [6.45, 7) is 0.647. The average Bonchev–Trinajstić information content (AvgIpc) is 3.06. The first kappa shape index (κ1) is 13.4. The summed E-state index contributed by atoms with van der Waals surface area (Å²) in [5, 5.41) is 5.35. The average molecular weight is 289 g/mol. The van der Waals surface area contributed by atoms with Gasteiger partial charge in [0, 0.05) is 17.1 Å². The van der Waals surface area contributed by atoms with Gasteiger partial charge < -0.3 is 0 Å². The van der Waals surface area contributed by atoms with E-state index in [1.54, 1.807) is 0 Å². The fraction of sp³-hybridized carbons (Fsp3) is 0.375. The molecular weight excluding hydrogens is 272 g/mol. The first-order chi connectivity index (χ1) is 9.76. The van der Waals surface area contributed by atoms with Crippen LogP contribution in [0.3, 0.4) is 0 Å². The second-order valence-corrected chi connectivity index (χ2v) is 5.83. The topological polar surface area (TPSA) is 34.9 Å². The second-order valence-electron chi connectivity index (χ2n) is 5.40. The highest BCUT2D eigenvalue weighted by Crippen LogP contribution is 2.34. The molecule has 1 aliphatic rings. The van der Waals surface area contributed by atoms with E-state index in [4.69, 9.17) is 11.6 Å². The summed E-state index contributed by atoms with van der Waals surface area (Å²) in [6, 6.07) is 7.73. The van der Waals surface area contributed by atoms with E-state index in [0.29, 0.717) is 12.5 Å². The summed E-state index contributed by atoms with van der Waals surface area (Å²) in [6.07, 6.45) is 7.55. The summed E-state index contributed by atoms with van der Waals surface area (Å²) in [5.74, 6) is 0.454. The summed E-state index contributed by atoms with van der Waals surface area (Å²) >= 11 is 5.99. The van der Waals surface area contributed by atoms with Gasteiger partial charge in [0.25, 0.3) is 0 Å². The Balaban J connectivity index is 1.85. The zero-order valence-corrected chi connectivity index (χ0v) is 12.0. The van der Waals surface area contributed by atoms with Crippen LogP contribution in [0.5, 0.6) is 0 Å². The van der Waals surface area contributed by atoms with Crippen LogP contribution in [0.25, 0.3) is 0 Å². The molecule has 0 saturated heterocycles. The number of halogens is 1. The number of nitrogens with zero attached hydrogens (tertiary/aromatic N) is 2. The molecule has 4 heteroatoms. The van der Waals surface area contributed by atoms with E-state index in [1.807, 2.05) is 35.1 Å². The van der Waals surface area contributed by atoms with Crippen LogP contribution in [0.1, 0.15) is 53.2 Å². The molecule has 1 saturated carbocycles. The lowest BCUT2D eigenvalue weighted by atomic mass is 10.0. The molecule has 0 radical (unpaired) electrons. The summed E-state index contributed by atoms with van der Waals surface area (Å²) in [5.41, 5.74) is 2.80. The zero-order chi connectivity index (χ0) is 13.9. The molecule has 0 N–H and O–H groups in total. The molecule has 3 nitrogen and oxygen atoms in total. The van der Waals surface area contributed by atoms with E-state index in [0.717, 1.165) is 41.0 Å². The number of rotatable bonds is 4. The molecule has 1 heterocycles. The quantitative estimate of drug-likeness (QED) is 0.795. The Kier molecular flexibility index (Phi) is 3.88. The van der Waals surface area contributed by atoms with Crippen molar-refractivity contribution < 1.29 is 4.79 Å². The van der Waals surface area contributed by atoms with Crippen molar-refractivity contribution in [2.45, 2.75) is 38.1 Å². The SMILES string of the molecule is O=Cc1cn(Cc2cccc(Cl)c2)nc1C1CCCC1. The first-order valence-corrected chi connectivity index (χ1v) is 7.41. The number of carbonyl (C=O) groups is 1. The van der Waals surface area contributed by atoms with Crippen LogP contribution in [-0.2, 0) is 6.54 Å². The predicted molar refractivity (Wildman–Crippen MR) is 79.4 cm³/mol. The number of hydrogen-bond donors (Lipinski definition) is 0. The third kappa shape index (κ3) is 2.78. The molecule has 1 aromatic carbocycles. The van der Waals surface area contributed by atoms with Crippen LogP contribution < -0.4 is 0 Å². The summed E-state index contributed by atoms with van der Waals surface area (Å²) in [7, 11) is 0. The van der Waals surface area contributed by atoms with Crippen LogP contribution in [0, 0.1) is 0 Å². The van der Waals surface area contributed by atoms with E-state index >= 15 is 0 Å². The number of aromatic nitrogens is 2. The highest BCUT2D eigenvalue weighted by Gasteiger charge is 2.23. The minimum Gasteiger partial charge on any atom is -0.298 e. The predicted octanol–water partition coefficient (Wildman–Crippen LogP) is 4.05. The normalized spacial score (nSPS) is 15.7. The molecule has 1 aromatic heterocycles. The van der Waals surface area contributed by atoms with Gasteiger partial charge >= 0.3 is 0 Å². The fourth-order valence-electron chi connectivity index (χ4n) is 2.96. The third-order valence-corrected chi connectivity index (χ3v) is 4.16. The van der Waals surface area contributed by atoms with Crippen molar-refractivity contribution in [3.8, 4) is 0 Å². The molecule has 1 aliphatic carbocycles. The van der Waals surface area contributed by atoms with Crippen LogP contribution in [0.4, 0.5) is 0 Å². The molecule has 0 bridgehead atoms. The van der Waals surface area contributed by atoms with Gasteiger partial charge in [-0.3, -0.25) is 9.48 Å². The van der Waals surface area contributed by atoms with Crippen molar-refractivity contribution in [2.75, 3.05) is 0 Å². The van der Waals surface area contributed by atoms with Gasteiger partial charge in [-0.25, -0.2) is 0 Å². The minimum absolute atomic E-state index is 0.454. The minimum atomic E-state index is 0.454. The van der Waals surface area contributed by atoms with Crippen LogP contribution >= 0.6 is 11.6 Å². The van der Waals surface area contributed by atoms with E-state index in [1.165, 1.54) is 12.8 Å². The smallest absolute Gasteiger partial charge is 0.153 e. The maximum Gasteiger partial charge on any atom is 0.153 e. The largest absolute Gasteiger partial charge is 0.298 e. The van der Waals surface area contributed by atoms with Crippen LogP contribution in [0.2, 0.25) is 5.02 Å². The zero-order valence-electron chi connectivity index (χ0n) is 11.3. The fourth-order valence-corrected chi connectivity index (χ4v) is 3.18. The van der Waals surface area contributed by atoms with Crippen molar-refractivity contribution in [3.05, 3.63) is 52.3 Å². The van der Waals surface area contributed by atoms with Crippen LogP contribution in [-0.4, -0.2) is 16.1 Å². The van der Waals surface area contributed by atoms with Crippen molar-refractivity contribution in [2.24, 2.45) is 0 Å². The highest BCUT2D eigenvalue weighted by molar-refractivity contribution is 6.30. The molecule has 2 aromatic rings. The lowest BCUT2D eigenvalue weighted by Crippen LogP contribution is -2.02. The maximum atomic E-state index is 11.2. The molecule has 0 spiro atoms. The molecule has 104 valence electrons. The van der Waals surface area contributed by atoms with Gasteiger partial charge in [0.15, 0.2) is 6.29 Å². The number of carbonyl (C=O) groups excluding carboxylic acids is 1. The number of aldehydes is 1. The lowest BCUT2D eigenvalue weighted by Gasteiger charge is -2.06. The molecule has 0 unspecified atom stereocenters. The summed E-state index contributed by atoms with van der Waals surface area (Å²) < 4.78 is 1.85. The van der Waals surface area contributed by atoms with Gasteiger partial charge in [0.2, 0.25) is 0 Å². The Bertz CT molecular complexity index is 615. The van der Waals surface area contributed by atoms with Crippen LogP contribution in [0.15, 0.2) is 30.5 Å². The highest BCUT2D eigenvalue weighted by atomic mass is 35.5. The van der Waals surface area contributed by atoms with E-state index in [2.05, 4.69) is 5.10 Å². The Labute approximate surface area is 123 Å². The first-order valence-electron chi connectivity index (χ1n) is 7.03. The van der Waals surface area contributed by atoms with Gasteiger partial charge in [0.05, 0.1) is 17.8 Å². The molecule has 3 rings (SSSR count). The van der Waals surface area contributed by atoms with Gasteiger partial charge in [0.1, 0.15) is 0 Å².